The fraction of sp³-hybridized carbons (Fsp3) is 0.200. The zero-order valence-electron chi connectivity index (χ0n) is 11.4. The van der Waals surface area contributed by atoms with Crippen LogP contribution in [-0.2, 0) is 11.3 Å². The molecular weight excluding hydrogens is 383 g/mol. The number of ether oxygens (including phenoxy) is 2. The third kappa shape index (κ3) is 2.80. The number of benzene rings is 1. The van der Waals surface area contributed by atoms with Crippen molar-refractivity contribution in [2.24, 2.45) is 0 Å². The van der Waals surface area contributed by atoms with Gasteiger partial charge in [0.1, 0.15) is 11.5 Å². The Labute approximate surface area is 136 Å². The standard InChI is InChI=1S/C15H13IN2O3/c1-20-13-7-12-14(6-11(13)16)21-9-15(19)18(12)8-10-4-2-3-5-17-10/h2-7H,8-9H2,1H3. The van der Waals surface area contributed by atoms with Gasteiger partial charge in [-0.25, -0.2) is 0 Å². The maximum Gasteiger partial charge on any atom is 0.265 e. The lowest BCUT2D eigenvalue weighted by atomic mass is 10.2. The molecule has 21 heavy (non-hydrogen) atoms. The third-order valence-corrected chi connectivity index (χ3v) is 4.07. The van der Waals surface area contributed by atoms with E-state index in [-0.39, 0.29) is 12.5 Å². The Morgan fingerprint density at radius 2 is 2.29 bits per heavy atom. The molecule has 0 atom stereocenters. The van der Waals surface area contributed by atoms with Crippen molar-refractivity contribution in [1.82, 2.24) is 4.98 Å². The number of carbonyl (C=O) groups excluding carboxylic acids is 1. The van der Waals surface area contributed by atoms with Crippen LogP contribution in [0.4, 0.5) is 5.69 Å². The first-order valence-electron chi connectivity index (χ1n) is 6.39. The van der Waals surface area contributed by atoms with Crippen molar-refractivity contribution in [3.8, 4) is 11.5 Å². The quantitative estimate of drug-likeness (QED) is 0.749. The van der Waals surface area contributed by atoms with Crippen molar-refractivity contribution in [3.63, 3.8) is 0 Å². The summed E-state index contributed by atoms with van der Waals surface area (Å²) in [6.07, 6.45) is 1.72. The van der Waals surface area contributed by atoms with Gasteiger partial charge in [0.05, 0.1) is 28.6 Å². The molecular formula is C15H13IN2O3. The van der Waals surface area contributed by atoms with Crippen LogP contribution in [0.5, 0.6) is 11.5 Å². The van der Waals surface area contributed by atoms with E-state index in [1.54, 1.807) is 18.2 Å². The molecule has 1 aromatic heterocycles. The fourth-order valence-corrected chi connectivity index (χ4v) is 2.84. The summed E-state index contributed by atoms with van der Waals surface area (Å²) in [5.74, 6) is 1.32. The minimum absolute atomic E-state index is 0.0439. The first kappa shape index (κ1) is 14.1. The molecule has 6 heteroatoms. The van der Waals surface area contributed by atoms with Gasteiger partial charge in [0.25, 0.3) is 5.91 Å². The Morgan fingerprint density at radius 1 is 1.43 bits per heavy atom. The molecule has 3 rings (SSSR count). The second kappa shape index (κ2) is 5.88. The molecule has 1 aliphatic rings. The van der Waals surface area contributed by atoms with Crippen molar-refractivity contribution in [2.45, 2.75) is 6.54 Å². The average molecular weight is 396 g/mol. The lowest BCUT2D eigenvalue weighted by molar-refractivity contribution is -0.121. The number of pyridine rings is 1. The average Bonchev–Trinajstić information content (AvgIpc) is 2.51. The van der Waals surface area contributed by atoms with Crippen LogP contribution in [0.1, 0.15) is 5.69 Å². The predicted octanol–water partition coefficient (Wildman–Crippen LogP) is 2.62. The minimum atomic E-state index is -0.0867. The topological polar surface area (TPSA) is 51.7 Å². The van der Waals surface area contributed by atoms with Crippen LogP contribution in [0.15, 0.2) is 36.5 Å². The summed E-state index contributed by atoms with van der Waals surface area (Å²) in [4.78, 5) is 18.1. The van der Waals surface area contributed by atoms with Crippen molar-refractivity contribution in [3.05, 3.63) is 45.8 Å². The second-order valence-electron chi connectivity index (χ2n) is 4.54. The highest BCUT2D eigenvalue weighted by atomic mass is 127. The van der Waals surface area contributed by atoms with Gasteiger partial charge in [-0.3, -0.25) is 14.7 Å². The van der Waals surface area contributed by atoms with Crippen LogP contribution in [0.2, 0.25) is 0 Å². The molecule has 2 aromatic rings. The van der Waals surface area contributed by atoms with E-state index in [1.807, 2.05) is 30.3 Å². The van der Waals surface area contributed by atoms with Crippen LogP contribution in [-0.4, -0.2) is 24.6 Å². The van der Waals surface area contributed by atoms with E-state index >= 15 is 0 Å². The SMILES string of the molecule is COc1cc2c(cc1I)OCC(=O)N2Cc1ccccn1. The zero-order chi connectivity index (χ0) is 14.8. The van der Waals surface area contributed by atoms with Gasteiger partial charge in [-0.15, -0.1) is 0 Å². The summed E-state index contributed by atoms with van der Waals surface area (Å²) in [6.45, 7) is 0.460. The van der Waals surface area contributed by atoms with E-state index in [0.717, 1.165) is 15.0 Å². The number of fused-ring (bicyclic) bond motifs is 1. The molecule has 0 fully saturated rings. The van der Waals surface area contributed by atoms with Crippen molar-refractivity contribution >= 4 is 34.2 Å². The summed E-state index contributed by atoms with van der Waals surface area (Å²) in [5.41, 5.74) is 1.55. The Balaban J connectivity index is 2.00. The van der Waals surface area contributed by atoms with Gasteiger partial charge in [0, 0.05) is 12.3 Å². The molecule has 0 unspecified atom stereocenters. The van der Waals surface area contributed by atoms with Crippen LogP contribution in [0, 0.1) is 3.57 Å². The Morgan fingerprint density at radius 3 is 3.00 bits per heavy atom. The highest BCUT2D eigenvalue weighted by Gasteiger charge is 2.27. The van der Waals surface area contributed by atoms with Gasteiger partial charge in [0.2, 0.25) is 0 Å². The number of methoxy groups -OCH3 is 1. The first-order valence-corrected chi connectivity index (χ1v) is 7.47. The van der Waals surface area contributed by atoms with E-state index < -0.39 is 0 Å². The number of nitrogens with zero attached hydrogens (tertiary/aromatic N) is 2. The normalized spacial score (nSPS) is 13.6. The van der Waals surface area contributed by atoms with Gasteiger partial charge < -0.3 is 9.47 Å². The minimum Gasteiger partial charge on any atom is -0.496 e. The van der Waals surface area contributed by atoms with E-state index in [2.05, 4.69) is 27.6 Å². The molecule has 0 spiro atoms. The number of hydrogen-bond donors (Lipinski definition) is 0. The predicted molar refractivity (Wildman–Crippen MR) is 86.6 cm³/mol. The van der Waals surface area contributed by atoms with E-state index in [1.165, 1.54) is 0 Å². The number of amides is 1. The molecule has 1 aliphatic heterocycles. The number of aromatic nitrogens is 1. The molecule has 108 valence electrons. The largest absolute Gasteiger partial charge is 0.496 e. The van der Waals surface area contributed by atoms with Gasteiger partial charge in [-0.2, -0.15) is 0 Å². The smallest absolute Gasteiger partial charge is 0.265 e. The van der Waals surface area contributed by atoms with E-state index in [4.69, 9.17) is 9.47 Å². The number of anilines is 1. The fourth-order valence-electron chi connectivity index (χ4n) is 2.19. The third-order valence-electron chi connectivity index (χ3n) is 3.22. The van der Waals surface area contributed by atoms with Gasteiger partial charge in [-0.05, 0) is 40.8 Å². The van der Waals surface area contributed by atoms with Crippen LogP contribution in [0.25, 0.3) is 0 Å². The lowest BCUT2D eigenvalue weighted by Gasteiger charge is -2.29. The molecule has 1 amide bonds. The molecule has 2 heterocycles. The summed E-state index contributed by atoms with van der Waals surface area (Å²) < 4.78 is 11.8. The maximum absolute atomic E-state index is 12.2. The molecule has 0 N–H and O–H groups in total. The number of halogens is 1. The highest BCUT2D eigenvalue weighted by Crippen LogP contribution is 2.39. The first-order chi connectivity index (χ1) is 10.2. The molecule has 0 saturated carbocycles. The zero-order valence-corrected chi connectivity index (χ0v) is 13.5. The molecule has 0 saturated heterocycles. The number of hydrogen-bond acceptors (Lipinski definition) is 4. The van der Waals surface area contributed by atoms with E-state index in [9.17, 15) is 4.79 Å². The van der Waals surface area contributed by atoms with Crippen LogP contribution >= 0.6 is 22.6 Å². The van der Waals surface area contributed by atoms with Crippen molar-refractivity contribution in [2.75, 3.05) is 18.6 Å². The summed E-state index contributed by atoms with van der Waals surface area (Å²) >= 11 is 2.18. The van der Waals surface area contributed by atoms with Crippen LogP contribution < -0.4 is 14.4 Å². The lowest BCUT2D eigenvalue weighted by Crippen LogP contribution is -2.38. The molecule has 0 aliphatic carbocycles. The Hall–Kier alpha value is -1.83. The summed E-state index contributed by atoms with van der Waals surface area (Å²) in [6, 6.07) is 9.36. The molecule has 0 bridgehead atoms. The maximum atomic E-state index is 12.2. The summed E-state index contributed by atoms with van der Waals surface area (Å²) in [7, 11) is 1.61. The second-order valence-corrected chi connectivity index (χ2v) is 5.71. The van der Waals surface area contributed by atoms with Gasteiger partial charge >= 0.3 is 0 Å². The van der Waals surface area contributed by atoms with Crippen molar-refractivity contribution < 1.29 is 14.3 Å². The molecule has 1 aromatic carbocycles. The highest BCUT2D eigenvalue weighted by molar-refractivity contribution is 14.1. The monoisotopic (exact) mass is 396 g/mol. The van der Waals surface area contributed by atoms with Gasteiger partial charge in [0.15, 0.2) is 6.61 Å². The molecule has 5 nitrogen and oxygen atoms in total. The number of carbonyl (C=O) groups is 1. The Kier molecular flexibility index (Phi) is 3.96. The molecule has 0 radical (unpaired) electrons. The summed E-state index contributed by atoms with van der Waals surface area (Å²) in [5, 5.41) is 0. The number of rotatable bonds is 3. The van der Waals surface area contributed by atoms with E-state index in [0.29, 0.717) is 18.0 Å². The van der Waals surface area contributed by atoms with Gasteiger partial charge in [-0.1, -0.05) is 6.07 Å². The van der Waals surface area contributed by atoms with Crippen molar-refractivity contribution in [1.29, 1.82) is 0 Å². The Bertz CT molecular complexity index is 676. The van der Waals surface area contributed by atoms with Crippen LogP contribution in [0.3, 0.4) is 0 Å².